The van der Waals surface area contributed by atoms with Crippen molar-refractivity contribution in [2.45, 2.75) is 39.3 Å². The number of fused-ring (bicyclic) bond motifs is 1. The van der Waals surface area contributed by atoms with Crippen molar-refractivity contribution in [3.63, 3.8) is 0 Å². The van der Waals surface area contributed by atoms with E-state index >= 15 is 0 Å². The highest BCUT2D eigenvalue weighted by Gasteiger charge is 2.04. The molecular weight excluding hydrogens is 318 g/mol. The van der Waals surface area contributed by atoms with Crippen molar-refractivity contribution < 1.29 is 0 Å². The molecule has 0 radical (unpaired) electrons. The van der Waals surface area contributed by atoms with Crippen molar-refractivity contribution in [3.05, 3.63) is 39.4 Å². The average Bonchev–Trinajstić information content (AvgIpc) is 2.41. The molecule has 2 aromatic rings. The third-order valence-corrected chi connectivity index (χ3v) is 3.66. The van der Waals surface area contributed by atoms with Gasteiger partial charge in [-0.25, -0.2) is 4.98 Å². The van der Waals surface area contributed by atoms with Gasteiger partial charge in [-0.1, -0.05) is 29.8 Å². The minimum Gasteiger partial charge on any atom is -0.315 e. The van der Waals surface area contributed by atoms with Crippen LogP contribution in [0.1, 0.15) is 26.7 Å². The Morgan fingerprint density at radius 1 is 1.35 bits per heavy atom. The lowest BCUT2D eigenvalue weighted by Crippen LogP contribution is -2.25. The molecule has 108 valence electrons. The summed E-state index contributed by atoms with van der Waals surface area (Å²) in [5, 5.41) is 4.04. The Morgan fingerprint density at radius 2 is 2.15 bits per heavy atom. The van der Waals surface area contributed by atoms with Gasteiger partial charge in [0.2, 0.25) is 0 Å². The molecule has 0 aliphatic rings. The lowest BCUT2D eigenvalue weighted by atomic mass is 10.2. The first-order valence-electron chi connectivity index (χ1n) is 6.96. The highest BCUT2D eigenvalue weighted by atomic mass is 79.9. The van der Waals surface area contributed by atoms with Crippen LogP contribution < -0.4 is 10.9 Å². The third kappa shape index (κ3) is 3.90. The monoisotopic (exact) mass is 337 g/mol. The molecule has 0 atom stereocenters. The SMILES string of the molecule is CC(C)NCCCCn1cnc2ccc(Br)cc2c1=O. The first kappa shape index (κ1) is 15.2. The second-order valence-corrected chi connectivity index (χ2v) is 6.14. The van der Waals surface area contributed by atoms with E-state index in [9.17, 15) is 4.79 Å². The summed E-state index contributed by atoms with van der Waals surface area (Å²) in [5.74, 6) is 0. The Balaban J connectivity index is 2.04. The molecule has 0 aliphatic heterocycles. The Labute approximate surface area is 127 Å². The highest BCUT2D eigenvalue weighted by molar-refractivity contribution is 9.10. The van der Waals surface area contributed by atoms with Crippen LogP contribution in [-0.2, 0) is 6.54 Å². The van der Waals surface area contributed by atoms with Crippen LogP contribution in [0.15, 0.2) is 33.8 Å². The molecule has 1 heterocycles. The van der Waals surface area contributed by atoms with Crippen LogP contribution in [0, 0.1) is 0 Å². The van der Waals surface area contributed by atoms with Gasteiger partial charge in [-0.2, -0.15) is 0 Å². The molecule has 0 amide bonds. The van der Waals surface area contributed by atoms with Crippen molar-refractivity contribution in [1.29, 1.82) is 0 Å². The van der Waals surface area contributed by atoms with Crippen LogP contribution in [0.4, 0.5) is 0 Å². The summed E-state index contributed by atoms with van der Waals surface area (Å²) < 4.78 is 2.60. The van der Waals surface area contributed by atoms with Crippen LogP contribution in [0.5, 0.6) is 0 Å². The molecule has 1 aromatic carbocycles. The number of halogens is 1. The van der Waals surface area contributed by atoms with Crippen LogP contribution in [0.25, 0.3) is 10.9 Å². The van der Waals surface area contributed by atoms with Crippen LogP contribution in [0.3, 0.4) is 0 Å². The zero-order chi connectivity index (χ0) is 14.5. The van der Waals surface area contributed by atoms with Gasteiger partial charge in [-0.3, -0.25) is 9.36 Å². The van der Waals surface area contributed by atoms with Crippen molar-refractivity contribution in [2.24, 2.45) is 0 Å². The van der Waals surface area contributed by atoms with Gasteiger partial charge in [0.05, 0.1) is 17.2 Å². The number of aryl methyl sites for hydroxylation is 1. The molecule has 0 saturated heterocycles. The molecule has 0 aliphatic carbocycles. The predicted octanol–water partition coefficient (Wildman–Crippen LogP) is 2.94. The van der Waals surface area contributed by atoms with Crippen molar-refractivity contribution in [2.75, 3.05) is 6.54 Å². The van der Waals surface area contributed by atoms with E-state index in [0.717, 1.165) is 29.4 Å². The maximum Gasteiger partial charge on any atom is 0.261 e. The number of nitrogens with one attached hydrogen (secondary N) is 1. The van der Waals surface area contributed by atoms with E-state index in [2.05, 4.69) is 40.1 Å². The summed E-state index contributed by atoms with van der Waals surface area (Å²) in [4.78, 5) is 16.7. The number of benzene rings is 1. The number of unbranched alkanes of at least 4 members (excludes halogenated alkanes) is 1. The summed E-state index contributed by atoms with van der Waals surface area (Å²) in [5.41, 5.74) is 0.782. The first-order chi connectivity index (χ1) is 9.58. The Kier molecular flexibility index (Phi) is 5.31. The second kappa shape index (κ2) is 6.99. The van der Waals surface area contributed by atoms with Gasteiger partial charge in [0.25, 0.3) is 5.56 Å². The molecule has 0 spiro atoms. The second-order valence-electron chi connectivity index (χ2n) is 5.22. The molecule has 0 fully saturated rings. The summed E-state index contributed by atoms with van der Waals surface area (Å²) in [6.07, 6.45) is 3.68. The fourth-order valence-corrected chi connectivity index (χ4v) is 2.45. The van der Waals surface area contributed by atoms with Gasteiger partial charge in [0.15, 0.2) is 0 Å². The Bertz CT molecular complexity index is 637. The first-order valence-corrected chi connectivity index (χ1v) is 7.75. The topological polar surface area (TPSA) is 46.9 Å². The summed E-state index contributed by atoms with van der Waals surface area (Å²) in [6, 6.07) is 6.10. The fourth-order valence-electron chi connectivity index (χ4n) is 2.09. The molecule has 0 bridgehead atoms. The van der Waals surface area contributed by atoms with E-state index < -0.39 is 0 Å². The Morgan fingerprint density at radius 3 is 2.90 bits per heavy atom. The van der Waals surface area contributed by atoms with Crippen LogP contribution >= 0.6 is 15.9 Å². The lowest BCUT2D eigenvalue weighted by molar-refractivity contribution is 0.525. The number of rotatable bonds is 6. The van der Waals surface area contributed by atoms with Gasteiger partial charge in [-0.05, 0) is 37.6 Å². The van der Waals surface area contributed by atoms with E-state index in [4.69, 9.17) is 0 Å². The quantitative estimate of drug-likeness (QED) is 0.824. The largest absolute Gasteiger partial charge is 0.315 e. The van der Waals surface area contributed by atoms with E-state index in [1.54, 1.807) is 10.9 Å². The molecule has 1 N–H and O–H groups in total. The van der Waals surface area contributed by atoms with E-state index in [-0.39, 0.29) is 5.56 Å². The summed E-state index contributed by atoms with van der Waals surface area (Å²) in [7, 11) is 0. The fraction of sp³-hybridized carbons (Fsp3) is 0.467. The third-order valence-electron chi connectivity index (χ3n) is 3.16. The molecule has 0 saturated carbocycles. The average molecular weight is 338 g/mol. The molecular formula is C15H20BrN3O. The minimum absolute atomic E-state index is 0.0353. The van der Waals surface area contributed by atoms with Crippen LogP contribution in [-0.4, -0.2) is 22.1 Å². The zero-order valence-corrected chi connectivity index (χ0v) is 13.5. The molecule has 4 nitrogen and oxygen atoms in total. The molecule has 5 heteroatoms. The van der Waals surface area contributed by atoms with Gasteiger partial charge >= 0.3 is 0 Å². The van der Waals surface area contributed by atoms with Crippen molar-refractivity contribution in [3.8, 4) is 0 Å². The number of nitrogens with zero attached hydrogens (tertiary/aromatic N) is 2. The minimum atomic E-state index is 0.0353. The standard InChI is InChI=1S/C15H20BrN3O/c1-11(2)17-7-3-4-8-19-10-18-14-6-5-12(16)9-13(14)15(19)20/h5-6,9-11,17H,3-4,7-8H2,1-2H3. The van der Waals surface area contributed by atoms with Gasteiger partial charge in [0, 0.05) is 17.1 Å². The van der Waals surface area contributed by atoms with Crippen molar-refractivity contribution in [1.82, 2.24) is 14.9 Å². The number of aromatic nitrogens is 2. The van der Waals surface area contributed by atoms with E-state index in [1.165, 1.54) is 0 Å². The zero-order valence-electron chi connectivity index (χ0n) is 11.9. The Hall–Kier alpha value is -1.20. The van der Waals surface area contributed by atoms with E-state index in [1.807, 2.05) is 18.2 Å². The summed E-state index contributed by atoms with van der Waals surface area (Å²) in [6.45, 7) is 5.97. The summed E-state index contributed by atoms with van der Waals surface area (Å²) >= 11 is 3.39. The smallest absolute Gasteiger partial charge is 0.261 e. The maximum atomic E-state index is 12.3. The van der Waals surface area contributed by atoms with E-state index in [0.29, 0.717) is 18.0 Å². The number of hydrogen-bond acceptors (Lipinski definition) is 3. The molecule has 20 heavy (non-hydrogen) atoms. The lowest BCUT2D eigenvalue weighted by Gasteiger charge is -2.09. The highest BCUT2D eigenvalue weighted by Crippen LogP contribution is 2.14. The van der Waals surface area contributed by atoms with Crippen LogP contribution in [0.2, 0.25) is 0 Å². The predicted molar refractivity (Wildman–Crippen MR) is 86.1 cm³/mol. The molecule has 1 aromatic heterocycles. The molecule has 0 unspecified atom stereocenters. The maximum absolute atomic E-state index is 12.3. The van der Waals surface area contributed by atoms with Gasteiger partial charge in [-0.15, -0.1) is 0 Å². The molecule has 2 rings (SSSR count). The number of hydrogen-bond donors (Lipinski definition) is 1. The van der Waals surface area contributed by atoms with Gasteiger partial charge < -0.3 is 5.32 Å². The van der Waals surface area contributed by atoms with Crippen molar-refractivity contribution >= 4 is 26.8 Å². The normalized spacial score (nSPS) is 11.4. The van der Waals surface area contributed by atoms with Gasteiger partial charge in [0.1, 0.15) is 0 Å².